The van der Waals surface area contributed by atoms with Gasteiger partial charge in [-0.15, -0.1) is 0 Å². The van der Waals surface area contributed by atoms with Gasteiger partial charge >= 0.3 is 0 Å². The lowest BCUT2D eigenvalue weighted by atomic mass is 10.2. The van der Waals surface area contributed by atoms with E-state index in [9.17, 15) is 13.6 Å². The number of thiazole rings is 1. The lowest BCUT2D eigenvalue weighted by molar-refractivity contribution is 0.0984. The van der Waals surface area contributed by atoms with E-state index in [1.807, 2.05) is 31.2 Å². The number of aryl methyl sites for hydroxylation is 1. The second-order valence-corrected chi connectivity index (χ2v) is 7.27. The van der Waals surface area contributed by atoms with Crippen LogP contribution in [0.25, 0.3) is 10.2 Å². The van der Waals surface area contributed by atoms with Crippen LogP contribution in [0.4, 0.5) is 13.9 Å². The van der Waals surface area contributed by atoms with Gasteiger partial charge in [-0.25, -0.2) is 13.8 Å². The average Bonchev–Trinajstić information content (AvgIpc) is 3.14. The minimum atomic E-state index is -1.07. The number of para-hydroxylation sites is 1. The molecule has 0 saturated carbocycles. The Labute approximate surface area is 164 Å². The number of amides is 1. The van der Waals surface area contributed by atoms with Gasteiger partial charge in [0.25, 0.3) is 5.91 Å². The molecule has 2 aromatic carbocycles. The number of carbonyl (C=O) groups is 1. The Balaban J connectivity index is 1.79. The van der Waals surface area contributed by atoms with E-state index in [2.05, 4.69) is 9.97 Å². The van der Waals surface area contributed by atoms with Crippen molar-refractivity contribution in [1.29, 1.82) is 0 Å². The van der Waals surface area contributed by atoms with Gasteiger partial charge in [-0.3, -0.25) is 14.7 Å². The smallest absolute Gasteiger partial charge is 0.260 e. The van der Waals surface area contributed by atoms with Gasteiger partial charge in [0.05, 0.1) is 22.5 Å². The largest absolute Gasteiger partial charge is 0.278 e. The fourth-order valence-corrected chi connectivity index (χ4v) is 3.90. The highest BCUT2D eigenvalue weighted by Gasteiger charge is 2.23. The van der Waals surface area contributed by atoms with Crippen LogP contribution >= 0.6 is 11.3 Å². The van der Waals surface area contributed by atoms with E-state index in [-0.39, 0.29) is 12.1 Å². The van der Waals surface area contributed by atoms with Crippen LogP contribution in [0.3, 0.4) is 0 Å². The maximum Gasteiger partial charge on any atom is 0.260 e. The van der Waals surface area contributed by atoms with E-state index in [1.165, 1.54) is 22.3 Å². The van der Waals surface area contributed by atoms with Crippen molar-refractivity contribution >= 4 is 32.6 Å². The molecule has 0 radical (unpaired) electrons. The van der Waals surface area contributed by atoms with Crippen molar-refractivity contribution in [3.8, 4) is 0 Å². The van der Waals surface area contributed by atoms with Crippen molar-refractivity contribution in [3.05, 3.63) is 89.2 Å². The molecule has 28 heavy (non-hydrogen) atoms. The SMILES string of the molecule is Cc1cccc2sc(N(Cc3ccccn3)C(=O)c3ccc(F)c(F)c3)nc12. The molecule has 2 heterocycles. The van der Waals surface area contributed by atoms with E-state index in [1.54, 1.807) is 18.3 Å². The third kappa shape index (κ3) is 3.48. The number of carbonyl (C=O) groups excluding carboxylic acids is 1. The van der Waals surface area contributed by atoms with Crippen LogP contribution in [-0.4, -0.2) is 15.9 Å². The number of nitrogens with zero attached hydrogens (tertiary/aromatic N) is 3. The Morgan fingerprint density at radius 1 is 1.07 bits per heavy atom. The monoisotopic (exact) mass is 395 g/mol. The number of hydrogen-bond donors (Lipinski definition) is 0. The Morgan fingerprint density at radius 3 is 2.64 bits per heavy atom. The second kappa shape index (κ2) is 7.44. The highest BCUT2D eigenvalue weighted by Crippen LogP contribution is 2.32. The molecule has 2 aromatic heterocycles. The first kappa shape index (κ1) is 18.2. The number of benzene rings is 2. The number of aromatic nitrogens is 2. The molecule has 4 rings (SSSR count). The minimum Gasteiger partial charge on any atom is -0.278 e. The molecule has 0 bridgehead atoms. The molecule has 140 valence electrons. The van der Waals surface area contributed by atoms with Gasteiger partial charge in [0.2, 0.25) is 0 Å². The topological polar surface area (TPSA) is 46.1 Å². The van der Waals surface area contributed by atoms with E-state index >= 15 is 0 Å². The number of rotatable bonds is 4. The zero-order chi connectivity index (χ0) is 19.7. The zero-order valence-corrected chi connectivity index (χ0v) is 15.7. The third-order valence-corrected chi connectivity index (χ3v) is 5.34. The van der Waals surface area contributed by atoms with Gasteiger partial charge < -0.3 is 0 Å². The van der Waals surface area contributed by atoms with Crippen molar-refractivity contribution in [2.75, 3.05) is 4.90 Å². The van der Waals surface area contributed by atoms with Crippen molar-refractivity contribution < 1.29 is 13.6 Å². The van der Waals surface area contributed by atoms with Gasteiger partial charge in [0.1, 0.15) is 0 Å². The van der Waals surface area contributed by atoms with Crippen molar-refractivity contribution in [2.45, 2.75) is 13.5 Å². The predicted octanol–water partition coefficient (Wildman–Crippen LogP) is 5.12. The van der Waals surface area contributed by atoms with E-state index < -0.39 is 17.5 Å². The molecule has 0 aliphatic carbocycles. The van der Waals surface area contributed by atoms with E-state index in [0.29, 0.717) is 10.8 Å². The molecule has 0 unspecified atom stereocenters. The summed E-state index contributed by atoms with van der Waals surface area (Å²) in [6.45, 7) is 2.11. The fourth-order valence-electron chi connectivity index (χ4n) is 2.85. The summed E-state index contributed by atoms with van der Waals surface area (Å²) in [4.78, 5) is 23.5. The molecular formula is C21H15F2N3OS. The molecule has 1 amide bonds. The Morgan fingerprint density at radius 2 is 1.93 bits per heavy atom. The summed E-state index contributed by atoms with van der Waals surface area (Å²) in [5.74, 6) is -2.53. The van der Waals surface area contributed by atoms with Crippen LogP contribution in [0, 0.1) is 18.6 Å². The normalized spacial score (nSPS) is 11.0. The summed E-state index contributed by atoms with van der Waals surface area (Å²) in [5.41, 5.74) is 2.52. The lowest BCUT2D eigenvalue weighted by Crippen LogP contribution is -2.30. The molecule has 4 aromatic rings. The first-order valence-corrected chi connectivity index (χ1v) is 9.37. The molecule has 0 N–H and O–H groups in total. The molecular weight excluding hydrogens is 380 g/mol. The number of hydrogen-bond acceptors (Lipinski definition) is 4. The van der Waals surface area contributed by atoms with Crippen LogP contribution in [0.2, 0.25) is 0 Å². The minimum absolute atomic E-state index is 0.0470. The third-order valence-electron chi connectivity index (χ3n) is 4.30. The molecule has 0 aliphatic heterocycles. The van der Waals surface area contributed by atoms with Crippen molar-refractivity contribution in [3.63, 3.8) is 0 Å². The first-order chi connectivity index (χ1) is 13.5. The maximum absolute atomic E-state index is 13.7. The Kier molecular flexibility index (Phi) is 4.83. The summed E-state index contributed by atoms with van der Waals surface area (Å²) in [7, 11) is 0. The number of halogens is 2. The summed E-state index contributed by atoms with van der Waals surface area (Å²) >= 11 is 1.37. The van der Waals surface area contributed by atoms with Gasteiger partial charge in [-0.2, -0.15) is 0 Å². The van der Waals surface area contributed by atoms with Gasteiger partial charge in [-0.05, 0) is 48.9 Å². The van der Waals surface area contributed by atoms with Crippen LogP contribution in [0.1, 0.15) is 21.6 Å². The molecule has 0 fully saturated rings. The Hall–Kier alpha value is -3.19. The van der Waals surface area contributed by atoms with E-state index in [4.69, 9.17) is 0 Å². The fraction of sp³-hybridized carbons (Fsp3) is 0.0952. The zero-order valence-electron chi connectivity index (χ0n) is 14.9. The van der Waals surface area contributed by atoms with Crippen LogP contribution in [0.15, 0.2) is 60.8 Å². The summed E-state index contributed by atoms with van der Waals surface area (Å²) in [6.07, 6.45) is 1.64. The van der Waals surface area contributed by atoms with E-state index in [0.717, 1.165) is 27.9 Å². The number of fused-ring (bicyclic) bond motifs is 1. The number of pyridine rings is 1. The van der Waals surface area contributed by atoms with Gasteiger partial charge in [-0.1, -0.05) is 29.5 Å². The highest BCUT2D eigenvalue weighted by atomic mass is 32.1. The van der Waals surface area contributed by atoms with Crippen molar-refractivity contribution in [2.24, 2.45) is 0 Å². The highest BCUT2D eigenvalue weighted by molar-refractivity contribution is 7.22. The van der Waals surface area contributed by atoms with Crippen LogP contribution in [-0.2, 0) is 6.54 Å². The predicted molar refractivity (Wildman–Crippen MR) is 105 cm³/mol. The summed E-state index contributed by atoms with van der Waals surface area (Å²) in [5, 5.41) is 0.477. The quantitative estimate of drug-likeness (QED) is 0.482. The maximum atomic E-state index is 13.7. The standard InChI is InChI=1S/C21H15F2N3OS/c1-13-5-4-7-18-19(13)25-21(28-18)26(12-15-6-2-3-10-24-15)20(27)14-8-9-16(22)17(23)11-14/h2-11H,12H2,1H3. The first-order valence-electron chi connectivity index (χ1n) is 8.56. The average molecular weight is 395 g/mol. The summed E-state index contributed by atoms with van der Waals surface area (Å²) < 4.78 is 27.9. The molecule has 4 nitrogen and oxygen atoms in total. The van der Waals surface area contributed by atoms with Crippen LogP contribution < -0.4 is 4.90 Å². The van der Waals surface area contributed by atoms with Gasteiger partial charge in [0, 0.05) is 11.8 Å². The molecule has 0 spiro atoms. The lowest BCUT2D eigenvalue weighted by Gasteiger charge is -2.19. The molecule has 0 saturated heterocycles. The Bertz CT molecular complexity index is 1160. The van der Waals surface area contributed by atoms with Gasteiger partial charge in [0.15, 0.2) is 16.8 Å². The van der Waals surface area contributed by atoms with Crippen LogP contribution in [0.5, 0.6) is 0 Å². The summed E-state index contributed by atoms with van der Waals surface area (Å²) in [6, 6.07) is 14.3. The molecule has 0 atom stereocenters. The second-order valence-electron chi connectivity index (χ2n) is 6.26. The molecule has 7 heteroatoms. The molecule has 0 aliphatic rings. The van der Waals surface area contributed by atoms with Crippen molar-refractivity contribution in [1.82, 2.24) is 9.97 Å². The number of anilines is 1.